The smallest absolute Gasteiger partial charge is 0.261 e. The number of hydrogen-bond donors (Lipinski definition) is 1. The summed E-state index contributed by atoms with van der Waals surface area (Å²) in [6, 6.07) is 10.7. The third kappa shape index (κ3) is 5.71. The number of carbonyl (C=O) groups is 1. The van der Waals surface area contributed by atoms with Crippen LogP contribution in [-0.4, -0.2) is 56.8 Å². The van der Waals surface area contributed by atoms with Gasteiger partial charge in [0.25, 0.3) is 15.9 Å². The van der Waals surface area contributed by atoms with Crippen LogP contribution >= 0.6 is 23.2 Å². The molecule has 0 spiro atoms. The van der Waals surface area contributed by atoms with Gasteiger partial charge < -0.3 is 9.80 Å². The Labute approximate surface area is 193 Å². The molecule has 0 radical (unpaired) electrons. The fourth-order valence-electron chi connectivity index (χ4n) is 3.78. The van der Waals surface area contributed by atoms with Crippen molar-refractivity contribution >= 4 is 44.8 Å². The van der Waals surface area contributed by atoms with Gasteiger partial charge in [-0.3, -0.25) is 9.52 Å². The van der Waals surface area contributed by atoms with E-state index in [9.17, 15) is 13.2 Å². The number of rotatable bonds is 6. The number of carbonyl (C=O) groups excluding carboxylic acids is 1. The molecule has 2 aromatic rings. The van der Waals surface area contributed by atoms with E-state index in [1.165, 1.54) is 31.0 Å². The predicted octanol–water partition coefficient (Wildman–Crippen LogP) is 4.35. The van der Waals surface area contributed by atoms with Crippen molar-refractivity contribution in [1.29, 1.82) is 0 Å². The van der Waals surface area contributed by atoms with E-state index in [0.29, 0.717) is 24.3 Å². The van der Waals surface area contributed by atoms with Crippen molar-refractivity contribution in [2.45, 2.75) is 24.2 Å². The second kappa shape index (κ2) is 9.36. The number of anilines is 1. The zero-order valence-corrected chi connectivity index (χ0v) is 19.4. The number of hydrogen-bond acceptors (Lipinski definition) is 4. The SMILES string of the molecule is O=C(c1cccc(NS(=O)(=O)c2ccc(Cl)c(Cl)c2)c1)N1CCCN(CC2CC2)CC1. The van der Waals surface area contributed by atoms with E-state index in [2.05, 4.69) is 9.62 Å². The molecule has 2 aromatic carbocycles. The van der Waals surface area contributed by atoms with E-state index in [1.54, 1.807) is 24.3 Å². The summed E-state index contributed by atoms with van der Waals surface area (Å²) in [6.45, 7) is 4.42. The Balaban J connectivity index is 1.44. The average Bonchev–Trinajstić information content (AvgIpc) is 3.57. The van der Waals surface area contributed by atoms with Crippen LogP contribution in [-0.2, 0) is 10.0 Å². The van der Waals surface area contributed by atoms with Crippen LogP contribution in [0.2, 0.25) is 10.0 Å². The zero-order chi connectivity index (χ0) is 22.0. The highest BCUT2D eigenvalue weighted by Gasteiger charge is 2.27. The molecule has 0 aromatic heterocycles. The lowest BCUT2D eigenvalue weighted by Gasteiger charge is -2.22. The van der Waals surface area contributed by atoms with Gasteiger partial charge in [0.15, 0.2) is 0 Å². The van der Waals surface area contributed by atoms with Crippen molar-refractivity contribution in [3.8, 4) is 0 Å². The fraction of sp³-hybridized carbons (Fsp3) is 0.409. The topological polar surface area (TPSA) is 69.7 Å². The third-order valence-electron chi connectivity index (χ3n) is 5.65. The minimum Gasteiger partial charge on any atom is -0.337 e. The molecule has 0 unspecified atom stereocenters. The quantitative estimate of drug-likeness (QED) is 0.665. The van der Waals surface area contributed by atoms with Gasteiger partial charge in [-0.15, -0.1) is 0 Å². The minimum absolute atomic E-state index is 0.00176. The van der Waals surface area contributed by atoms with Gasteiger partial charge in [-0.1, -0.05) is 29.3 Å². The van der Waals surface area contributed by atoms with E-state index >= 15 is 0 Å². The lowest BCUT2D eigenvalue weighted by molar-refractivity contribution is 0.0761. The van der Waals surface area contributed by atoms with Crippen LogP contribution in [0.25, 0.3) is 0 Å². The van der Waals surface area contributed by atoms with Crippen LogP contribution < -0.4 is 4.72 Å². The molecule has 9 heteroatoms. The van der Waals surface area contributed by atoms with Crippen LogP contribution in [0.5, 0.6) is 0 Å². The first-order valence-electron chi connectivity index (χ1n) is 10.4. The average molecular weight is 482 g/mol. The molecule has 31 heavy (non-hydrogen) atoms. The molecule has 1 aliphatic carbocycles. The van der Waals surface area contributed by atoms with E-state index in [-0.39, 0.29) is 20.8 Å². The summed E-state index contributed by atoms with van der Waals surface area (Å²) < 4.78 is 27.9. The fourth-order valence-corrected chi connectivity index (χ4v) is 5.22. The molecule has 2 fully saturated rings. The van der Waals surface area contributed by atoms with Crippen molar-refractivity contribution in [2.75, 3.05) is 37.4 Å². The maximum absolute atomic E-state index is 13.1. The van der Waals surface area contributed by atoms with E-state index < -0.39 is 10.0 Å². The van der Waals surface area contributed by atoms with Gasteiger partial charge >= 0.3 is 0 Å². The number of benzene rings is 2. The number of nitrogens with one attached hydrogen (secondary N) is 1. The van der Waals surface area contributed by atoms with Gasteiger partial charge in [0.2, 0.25) is 0 Å². The van der Waals surface area contributed by atoms with Crippen LogP contribution in [0.3, 0.4) is 0 Å². The molecule has 166 valence electrons. The number of nitrogens with zero attached hydrogens (tertiary/aromatic N) is 2. The zero-order valence-electron chi connectivity index (χ0n) is 17.1. The molecule has 1 amide bonds. The van der Waals surface area contributed by atoms with Crippen molar-refractivity contribution < 1.29 is 13.2 Å². The van der Waals surface area contributed by atoms with Gasteiger partial charge in [0, 0.05) is 37.4 Å². The predicted molar refractivity (Wildman–Crippen MR) is 123 cm³/mol. The Hall–Kier alpha value is -1.80. The van der Waals surface area contributed by atoms with E-state index in [4.69, 9.17) is 23.2 Å². The summed E-state index contributed by atoms with van der Waals surface area (Å²) in [4.78, 5) is 17.4. The normalized spacial score (nSPS) is 17.9. The van der Waals surface area contributed by atoms with Gasteiger partial charge in [-0.25, -0.2) is 8.42 Å². The highest BCUT2D eigenvalue weighted by molar-refractivity contribution is 7.92. The van der Waals surface area contributed by atoms with E-state index in [1.807, 2.05) is 4.90 Å². The molecule has 0 atom stereocenters. The standard InChI is InChI=1S/C22H25Cl2N3O3S/c23-20-8-7-19(14-21(20)24)31(29,30)25-18-4-1-3-17(13-18)22(28)27-10-2-9-26(11-12-27)15-16-5-6-16/h1,3-4,7-8,13-14,16,25H,2,5-6,9-12,15H2. The van der Waals surface area contributed by atoms with Crippen LogP contribution in [0.4, 0.5) is 5.69 Å². The highest BCUT2D eigenvalue weighted by Crippen LogP contribution is 2.30. The first-order valence-corrected chi connectivity index (χ1v) is 12.7. The molecule has 1 saturated heterocycles. The second-order valence-electron chi connectivity index (χ2n) is 8.15. The van der Waals surface area contributed by atoms with E-state index in [0.717, 1.165) is 32.0 Å². The molecule has 1 saturated carbocycles. The maximum atomic E-state index is 13.1. The van der Waals surface area contributed by atoms with Crippen LogP contribution in [0.1, 0.15) is 29.6 Å². The molecule has 1 heterocycles. The lowest BCUT2D eigenvalue weighted by Crippen LogP contribution is -2.35. The largest absolute Gasteiger partial charge is 0.337 e. The number of sulfonamides is 1. The monoisotopic (exact) mass is 481 g/mol. The summed E-state index contributed by atoms with van der Waals surface area (Å²) in [5.41, 5.74) is 0.784. The van der Waals surface area contributed by atoms with Crippen LogP contribution in [0.15, 0.2) is 47.4 Å². The molecule has 4 rings (SSSR count). The number of halogens is 2. The first-order chi connectivity index (χ1) is 14.8. The maximum Gasteiger partial charge on any atom is 0.261 e. The summed E-state index contributed by atoms with van der Waals surface area (Å²) in [5.74, 6) is 0.756. The van der Waals surface area contributed by atoms with Crippen LogP contribution in [0, 0.1) is 5.92 Å². The molecule has 1 N–H and O–H groups in total. The minimum atomic E-state index is -3.86. The molecule has 2 aliphatic rings. The summed E-state index contributed by atoms with van der Waals surface area (Å²) in [7, 11) is -3.86. The van der Waals surface area contributed by atoms with Gasteiger partial charge in [0.05, 0.1) is 14.9 Å². The second-order valence-corrected chi connectivity index (χ2v) is 10.6. The summed E-state index contributed by atoms with van der Waals surface area (Å²) >= 11 is 11.8. The van der Waals surface area contributed by atoms with Crippen molar-refractivity contribution in [1.82, 2.24) is 9.80 Å². The molecule has 1 aliphatic heterocycles. The van der Waals surface area contributed by atoms with Crippen molar-refractivity contribution in [3.63, 3.8) is 0 Å². The van der Waals surface area contributed by atoms with Crippen molar-refractivity contribution in [3.05, 3.63) is 58.1 Å². The Bertz CT molecular complexity index is 1070. The Kier molecular flexibility index (Phi) is 6.77. The van der Waals surface area contributed by atoms with Gasteiger partial charge in [-0.05, 0) is 68.1 Å². The Morgan fingerprint density at radius 3 is 2.55 bits per heavy atom. The lowest BCUT2D eigenvalue weighted by atomic mass is 10.1. The summed E-state index contributed by atoms with van der Waals surface area (Å²) in [5, 5.41) is 0.437. The molecule has 6 nitrogen and oxygen atoms in total. The van der Waals surface area contributed by atoms with Gasteiger partial charge in [-0.2, -0.15) is 0 Å². The summed E-state index contributed by atoms with van der Waals surface area (Å²) in [6.07, 6.45) is 3.59. The third-order valence-corrected chi connectivity index (χ3v) is 7.77. The molecular weight excluding hydrogens is 457 g/mol. The van der Waals surface area contributed by atoms with Crippen molar-refractivity contribution in [2.24, 2.45) is 5.92 Å². The van der Waals surface area contributed by atoms with Gasteiger partial charge in [0.1, 0.15) is 0 Å². The molecule has 0 bridgehead atoms. The highest BCUT2D eigenvalue weighted by atomic mass is 35.5. The Morgan fingerprint density at radius 1 is 1.00 bits per heavy atom. The first kappa shape index (κ1) is 22.4. The molecular formula is C22H25Cl2N3O3S. The number of amides is 1. The Morgan fingerprint density at radius 2 is 1.81 bits per heavy atom.